The molecule has 0 aromatic heterocycles. The van der Waals surface area contributed by atoms with Crippen molar-refractivity contribution in [1.82, 2.24) is 0 Å². The van der Waals surface area contributed by atoms with Gasteiger partial charge in [0.25, 0.3) is 0 Å². The van der Waals surface area contributed by atoms with Gasteiger partial charge in [-0.2, -0.15) is 0 Å². The molecule has 0 aliphatic carbocycles. The van der Waals surface area contributed by atoms with Crippen LogP contribution in [0.1, 0.15) is 69.5 Å². The minimum absolute atomic E-state index is 0.975. The third-order valence-electron chi connectivity index (χ3n) is 16.7. The van der Waals surface area contributed by atoms with Gasteiger partial charge in [-0.1, -0.05) is 147 Å². The van der Waals surface area contributed by atoms with E-state index in [1.165, 1.54) is 132 Å². The molecule has 12 aromatic carbocycles. The van der Waals surface area contributed by atoms with Gasteiger partial charge in [0.05, 0.1) is 11.4 Å². The highest BCUT2D eigenvalue weighted by Gasteiger charge is 2.25. The van der Waals surface area contributed by atoms with Crippen molar-refractivity contribution in [2.45, 2.75) is 82.1 Å². The highest BCUT2D eigenvalue weighted by atomic mass is 15.2. The van der Waals surface area contributed by atoms with E-state index in [1.807, 2.05) is 0 Å². The van der Waals surface area contributed by atoms with Crippen molar-refractivity contribution in [3.8, 4) is 44.5 Å². The molecule has 2 heteroatoms. The number of anilines is 6. The lowest BCUT2D eigenvalue weighted by Crippen LogP contribution is -2.12. The standard InChI is InChI=1S/C76H68N2/c1-11-55-25-33-63(34-26-55)77(65-43-59(71-47(3)17-13-18-48(71)4)41-60(44-65)72-49(5)19-14-20-50(72)6)69-39-31-57-30-38-68-70(40-32-58-29-37-67(69)75(57)76(58)68)78(64-35-27-56(12-2)28-36-64)66-45-61(73-51(7)21-15-22-52(73)8)42-62(46-66)74-53(9)23-16-24-54(74)10/h13-46H,11-12H2,1-10H3. The molecular formula is C76H68N2. The van der Waals surface area contributed by atoms with Gasteiger partial charge in [-0.05, 0) is 263 Å². The van der Waals surface area contributed by atoms with Crippen LogP contribution in [0.4, 0.5) is 34.1 Å². The fourth-order valence-corrected chi connectivity index (χ4v) is 12.9. The Bertz CT molecular complexity index is 3750. The fourth-order valence-electron chi connectivity index (χ4n) is 12.9. The van der Waals surface area contributed by atoms with E-state index in [2.05, 4.69) is 285 Å². The van der Waals surface area contributed by atoms with E-state index in [0.717, 1.165) is 47.0 Å². The largest absolute Gasteiger partial charge is 0.310 e. The molecule has 382 valence electrons. The quantitative estimate of drug-likeness (QED) is 0.113. The zero-order valence-electron chi connectivity index (χ0n) is 46.9. The third kappa shape index (κ3) is 8.80. The van der Waals surface area contributed by atoms with Gasteiger partial charge in [0.15, 0.2) is 0 Å². The highest BCUT2D eigenvalue weighted by molar-refractivity contribution is 6.28. The second kappa shape index (κ2) is 20.3. The van der Waals surface area contributed by atoms with Crippen LogP contribution >= 0.6 is 0 Å². The number of nitrogens with zero attached hydrogens (tertiary/aromatic N) is 2. The minimum atomic E-state index is 0.975. The summed E-state index contributed by atoms with van der Waals surface area (Å²) in [6.45, 7) is 22.5. The van der Waals surface area contributed by atoms with Crippen LogP contribution in [-0.4, -0.2) is 0 Å². The molecule has 0 aliphatic heterocycles. The predicted molar refractivity (Wildman–Crippen MR) is 338 cm³/mol. The van der Waals surface area contributed by atoms with Gasteiger partial charge >= 0.3 is 0 Å². The number of hydrogen-bond donors (Lipinski definition) is 0. The number of aryl methyl sites for hydroxylation is 10. The summed E-state index contributed by atoms with van der Waals surface area (Å²) < 4.78 is 0. The third-order valence-corrected chi connectivity index (χ3v) is 16.7. The van der Waals surface area contributed by atoms with E-state index in [4.69, 9.17) is 0 Å². The van der Waals surface area contributed by atoms with Crippen molar-refractivity contribution in [2.75, 3.05) is 9.80 Å². The van der Waals surface area contributed by atoms with Gasteiger partial charge in [-0.25, -0.2) is 0 Å². The van der Waals surface area contributed by atoms with Crippen molar-refractivity contribution in [3.05, 3.63) is 262 Å². The smallest absolute Gasteiger partial charge is 0.0540 e. The molecule has 0 saturated carbocycles. The van der Waals surface area contributed by atoms with E-state index < -0.39 is 0 Å². The van der Waals surface area contributed by atoms with Crippen LogP contribution in [0.3, 0.4) is 0 Å². The summed E-state index contributed by atoms with van der Waals surface area (Å²) in [5, 5.41) is 7.39. The molecule has 0 amide bonds. The summed E-state index contributed by atoms with van der Waals surface area (Å²) in [5.74, 6) is 0. The van der Waals surface area contributed by atoms with E-state index in [1.54, 1.807) is 0 Å². The van der Waals surface area contributed by atoms with Crippen molar-refractivity contribution in [2.24, 2.45) is 0 Å². The summed E-state index contributed by atoms with van der Waals surface area (Å²) >= 11 is 0. The molecular weight excluding hydrogens is 941 g/mol. The molecule has 0 fully saturated rings. The Hall–Kier alpha value is -8.72. The van der Waals surface area contributed by atoms with E-state index >= 15 is 0 Å². The minimum Gasteiger partial charge on any atom is -0.310 e. The van der Waals surface area contributed by atoms with Gasteiger partial charge in [-0.3, -0.25) is 0 Å². The van der Waals surface area contributed by atoms with Gasteiger partial charge < -0.3 is 9.80 Å². The van der Waals surface area contributed by atoms with Crippen LogP contribution in [0, 0.1) is 55.4 Å². The van der Waals surface area contributed by atoms with E-state index in [-0.39, 0.29) is 0 Å². The van der Waals surface area contributed by atoms with Crippen molar-refractivity contribution < 1.29 is 0 Å². The van der Waals surface area contributed by atoms with Gasteiger partial charge in [0, 0.05) is 33.5 Å². The molecule has 0 heterocycles. The Labute approximate surface area is 462 Å². The molecule has 0 aliphatic rings. The monoisotopic (exact) mass is 1010 g/mol. The lowest BCUT2D eigenvalue weighted by molar-refractivity contribution is 1.14. The number of hydrogen-bond acceptors (Lipinski definition) is 2. The average Bonchev–Trinajstić information content (AvgIpc) is 3.51. The van der Waals surface area contributed by atoms with Crippen LogP contribution in [0.2, 0.25) is 0 Å². The zero-order valence-corrected chi connectivity index (χ0v) is 46.9. The van der Waals surface area contributed by atoms with Crippen molar-refractivity contribution in [1.29, 1.82) is 0 Å². The molecule has 0 bridgehead atoms. The first kappa shape index (κ1) is 50.1. The number of rotatable bonds is 12. The first-order chi connectivity index (χ1) is 37.9. The Morgan fingerprint density at radius 3 is 0.808 bits per heavy atom. The summed E-state index contributed by atoms with van der Waals surface area (Å²) in [6, 6.07) is 78.6. The predicted octanol–water partition coefficient (Wildman–Crippen LogP) is 21.8. The normalized spacial score (nSPS) is 11.6. The van der Waals surface area contributed by atoms with Crippen LogP contribution in [0.5, 0.6) is 0 Å². The molecule has 12 rings (SSSR count). The Balaban J connectivity index is 1.13. The molecule has 0 saturated heterocycles. The van der Waals surface area contributed by atoms with Crippen LogP contribution < -0.4 is 9.80 Å². The molecule has 0 radical (unpaired) electrons. The van der Waals surface area contributed by atoms with Gasteiger partial charge in [0.1, 0.15) is 0 Å². The average molecular weight is 1010 g/mol. The first-order valence-electron chi connectivity index (χ1n) is 27.9. The Kier molecular flexibility index (Phi) is 13.1. The molecule has 0 N–H and O–H groups in total. The SMILES string of the molecule is CCc1ccc(N(c2cc(-c3c(C)cccc3C)cc(-c3c(C)cccc3C)c2)c2ccc3ccc4c(N(c5ccc(CC)cc5)c5cc(-c6c(C)cccc6C)cc(-c6c(C)cccc6C)c5)ccc5ccc2c3c54)cc1. The molecule has 0 unspecified atom stereocenters. The maximum Gasteiger partial charge on any atom is 0.0540 e. The summed E-state index contributed by atoms with van der Waals surface area (Å²) in [7, 11) is 0. The summed E-state index contributed by atoms with van der Waals surface area (Å²) in [4.78, 5) is 5.05. The zero-order chi connectivity index (χ0) is 53.9. The lowest BCUT2D eigenvalue weighted by Gasteiger charge is -2.31. The molecule has 2 nitrogen and oxygen atoms in total. The maximum absolute atomic E-state index is 2.52. The van der Waals surface area contributed by atoms with Crippen molar-refractivity contribution in [3.63, 3.8) is 0 Å². The molecule has 12 aromatic rings. The van der Waals surface area contributed by atoms with Crippen LogP contribution in [-0.2, 0) is 12.8 Å². The Morgan fingerprint density at radius 2 is 0.538 bits per heavy atom. The second-order valence-electron chi connectivity index (χ2n) is 21.9. The van der Waals surface area contributed by atoms with E-state index in [9.17, 15) is 0 Å². The van der Waals surface area contributed by atoms with Crippen LogP contribution in [0.15, 0.2) is 206 Å². The van der Waals surface area contributed by atoms with E-state index in [0.29, 0.717) is 0 Å². The second-order valence-corrected chi connectivity index (χ2v) is 21.9. The molecule has 0 atom stereocenters. The lowest BCUT2D eigenvalue weighted by atomic mass is 9.89. The maximum atomic E-state index is 2.52. The first-order valence-corrected chi connectivity index (χ1v) is 27.9. The summed E-state index contributed by atoms with van der Waals surface area (Å²) in [5.41, 5.74) is 29.6. The van der Waals surface area contributed by atoms with Crippen molar-refractivity contribution >= 4 is 66.4 Å². The van der Waals surface area contributed by atoms with Gasteiger partial charge in [-0.15, -0.1) is 0 Å². The van der Waals surface area contributed by atoms with Gasteiger partial charge in [0.2, 0.25) is 0 Å². The van der Waals surface area contributed by atoms with Crippen LogP contribution in [0.25, 0.3) is 76.8 Å². The Morgan fingerprint density at radius 1 is 0.269 bits per heavy atom. The summed E-state index contributed by atoms with van der Waals surface area (Å²) in [6.07, 6.45) is 1.95. The topological polar surface area (TPSA) is 6.48 Å². The highest BCUT2D eigenvalue weighted by Crippen LogP contribution is 2.50. The molecule has 78 heavy (non-hydrogen) atoms. The number of benzene rings is 12. The fraction of sp³-hybridized carbons (Fsp3) is 0.158. The molecule has 0 spiro atoms.